The third-order valence-electron chi connectivity index (χ3n) is 2.92. The number of carbonyl (C=O) groups excluding carboxylic acids is 1. The fourth-order valence-electron chi connectivity index (χ4n) is 1.98. The zero-order valence-corrected chi connectivity index (χ0v) is 10.5. The standard InChI is InChI=1S/C16H11NO3/c18-15(11-10-12-6-2-1-3-7-12)17-13-8-4-5-9-14(13)20-16(17)19/h1-11H. The van der Waals surface area contributed by atoms with E-state index in [-0.39, 0.29) is 0 Å². The summed E-state index contributed by atoms with van der Waals surface area (Å²) < 4.78 is 6.05. The van der Waals surface area contributed by atoms with Crippen molar-refractivity contribution in [1.82, 2.24) is 4.57 Å². The Bertz CT molecular complexity index is 841. The van der Waals surface area contributed by atoms with Gasteiger partial charge in [-0.1, -0.05) is 42.5 Å². The van der Waals surface area contributed by atoms with Crippen LogP contribution in [0.3, 0.4) is 0 Å². The van der Waals surface area contributed by atoms with Gasteiger partial charge < -0.3 is 4.42 Å². The molecular weight excluding hydrogens is 254 g/mol. The number of allylic oxidation sites excluding steroid dienone is 1. The molecule has 0 saturated heterocycles. The Morgan fingerprint density at radius 2 is 1.70 bits per heavy atom. The number of nitrogens with zero attached hydrogens (tertiary/aromatic N) is 1. The van der Waals surface area contributed by atoms with Gasteiger partial charge in [0.25, 0.3) is 5.91 Å². The van der Waals surface area contributed by atoms with Crippen molar-refractivity contribution in [1.29, 1.82) is 0 Å². The first-order valence-electron chi connectivity index (χ1n) is 6.14. The maximum atomic E-state index is 12.1. The molecule has 0 aliphatic carbocycles. The molecule has 3 rings (SSSR count). The van der Waals surface area contributed by atoms with E-state index in [0.29, 0.717) is 11.1 Å². The van der Waals surface area contributed by atoms with Gasteiger partial charge in [0.05, 0.1) is 5.52 Å². The molecule has 4 nitrogen and oxygen atoms in total. The normalized spacial score (nSPS) is 11.2. The Morgan fingerprint density at radius 1 is 1.00 bits per heavy atom. The van der Waals surface area contributed by atoms with E-state index in [1.54, 1.807) is 30.3 Å². The van der Waals surface area contributed by atoms with E-state index in [2.05, 4.69) is 0 Å². The molecule has 0 aliphatic rings. The maximum Gasteiger partial charge on any atom is 0.427 e. The van der Waals surface area contributed by atoms with Gasteiger partial charge in [-0.15, -0.1) is 0 Å². The number of oxazole rings is 1. The number of para-hydroxylation sites is 2. The number of hydrogen-bond donors (Lipinski definition) is 0. The van der Waals surface area contributed by atoms with E-state index in [1.807, 2.05) is 30.3 Å². The molecule has 0 fully saturated rings. The van der Waals surface area contributed by atoms with Gasteiger partial charge in [-0.05, 0) is 23.8 Å². The van der Waals surface area contributed by atoms with E-state index in [1.165, 1.54) is 6.08 Å². The van der Waals surface area contributed by atoms with Crippen LogP contribution in [0, 0.1) is 0 Å². The molecule has 0 atom stereocenters. The number of rotatable bonds is 2. The molecule has 1 aromatic heterocycles. The molecule has 2 aromatic carbocycles. The lowest BCUT2D eigenvalue weighted by molar-refractivity contribution is 0.0966. The van der Waals surface area contributed by atoms with E-state index in [4.69, 9.17) is 4.42 Å². The van der Waals surface area contributed by atoms with E-state index in [0.717, 1.165) is 10.1 Å². The van der Waals surface area contributed by atoms with Gasteiger partial charge >= 0.3 is 5.76 Å². The molecule has 0 spiro atoms. The Labute approximate surface area is 114 Å². The van der Waals surface area contributed by atoms with Crippen LogP contribution >= 0.6 is 0 Å². The van der Waals surface area contributed by atoms with Gasteiger partial charge in [-0.3, -0.25) is 4.79 Å². The highest BCUT2D eigenvalue weighted by atomic mass is 16.4. The predicted octanol–water partition coefficient (Wildman–Crippen LogP) is 2.95. The molecule has 0 amide bonds. The molecule has 0 radical (unpaired) electrons. The van der Waals surface area contributed by atoms with Crippen molar-refractivity contribution < 1.29 is 9.21 Å². The molecule has 0 N–H and O–H groups in total. The lowest BCUT2D eigenvalue weighted by atomic mass is 10.2. The molecule has 0 aliphatic heterocycles. The van der Waals surface area contributed by atoms with Crippen molar-refractivity contribution in [2.45, 2.75) is 0 Å². The first kappa shape index (κ1) is 12.2. The quantitative estimate of drug-likeness (QED) is 0.669. The van der Waals surface area contributed by atoms with Gasteiger partial charge in [0.15, 0.2) is 5.58 Å². The number of hydrogen-bond acceptors (Lipinski definition) is 3. The fourth-order valence-corrected chi connectivity index (χ4v) is 1.98. The van der Waals surface area contributed by atoms with Crippen LogP contribution in [0.1, 0.15) is 10.4 Å². The summed E-state index contributed by atoms with van der Waals surface area (Å²) in [7, 11) is 0. The number of aromatic nitrogens is 1. The third-order valence-corrected chi connectivity index (χ3v) is 2.92. The van der Waals surface area contributed by atoms with Crippen LogP contribution in [0.2, 0.25) is 0 Å². The summed E-state index contributed by atoms with van der Waals surface area (Å²) in [5, 5.41) is 0. The Morgan fingerprint density at radius 3 is 2.50 bits per heavy atom. The molecule has 4 heteroatoms. The monoisotopic (exact) mass is 265 g/mol. The zero-order chi connectivity index (χ0) is 13.9. The first-order valence-corrected chi connectivity index (χ1v) is 6.14. The van der Waals surface area contributed by atoms with Gasteiger partial charge in [0.2, 0.25) is 0 Å². The topological polar surface area (TPSA) is 52.2 Å². The highest BCUT2D eigenvalue weighted by Gasteiger charge is 2.12. The van der Waals surface area contributed by atoms with Crippen molar-refractivity contribution in [3.63, 3.8) is 0 Å². The summed E-state index contributed by atoms with van der Waals surface area (Å²) in [6, 6.07) is 16.2. The molecule has 3 aromatic rings. The molecular formula is C16H11NO3. The second kappa shape index (κ2) is 5.01. The van der Waals surface area contributed by atoms with Crippen molar-refractivity contribution >= 4 is 23.1 Å². The summed E-state index contributed by atoms with van der Waals surface area (Å²) >= 11 is 0. The molecule has 20 heavy (non-hydrogen) atoms. The average Bonchev–Trinajstić information content (AvgIpc) is 2.82. The molecule has 0 bridgehead atoms. The summed E-state index contributed by atoms with van der Waals surface area (Å²) in [5.74, 6) is -1.10. The Balaban J connectivity index is 1.99. The first-order chi connectivity index (χ1) is 9.75. The lowest BCUT2D eigenvalue weighted by Crippen LogP contribution is -2.20. The van der Waals surface area contributed by atoms with E-state index < -0.39 is 11.7 Å². The van der Waals surface area contributed by atoms with Crippen LogP contribution in [0.5, 0.6) is 0 Å². The van der Waals surface area contributed by atoms with Crippen LogP contribution in [0.15, 0.2) is 69.9 Å². The lowest BCUT2D eigenvalue weighted by Gasteiger charge is -1.95. The minimum absolute atomic E-state index is 0.402. The second-order valence-electron chi connectivity index (χ2n) is 4.25. The van der Waals surface area contributed by atoms with Gasteiger partial charge in [0.1, 0.15) is 0 Å². The highest BCUT2D eigenvalue weighted by molar-refractivity contribution is 5.98. The number of fused-ring (bicyclic) bond motifs is 1. The minimum atomic E-state index is -0.672. The van der Waals surface area contributed by atoms with Crippen LogP contribution < -0.4 is 5.76 Å². The van der Waals surface area contributed by atoms with Gasteiger partial charge in [-0.2, -0.15) is 0 Å². The SMILES string of the molecule is O=C(C=Cc1ccccc1)n1c(=O)oc2ccccc21. The van der Waals surface area contributed by atoms with Crippen LogP contribution in [0.4, 0.5) is 0 Å². The highest BCUT2D eigenvalue weighted by Crippen LogP contribution is 2.12. The third kappa shape index (κ3) is 2.19. The summed E-state index contributed by atoms with van der Waals surface area (Å²) in [4.78, 5) is 23.9. The molecule has 1 heterocycles. The van der Waals surface area contributed by atoms with Crippen LogP contribution in [-0.2, 0) is 0 Å². The van der Waals surface area contributed by atoms with Gasteiger partial charge in [0, 0.05) is 6.08 Å². The number of carbonyl (C=O) groups is 1. The second-order valence-corrected chi connectivity index (χ2v) is 4.25. The Hall–Kier alpha value is -2.88. The van der Waals surface area contributed by atoms with E-state index >= 15 is 0 Å². The smallest absolute Gasteiger partial charge is 0.407 e. The largest absolute Gasteiger partial charge is 0.427 e. The van der Waals surface area contributed by atoms with E-state index in [9.17, 15) is 9.59 Å². The summed E-state index contributed by atoms with van der Waals surface area (Å²) in [6.45, 7) is 0. The molecule has 98 valence electrons. The fraction of sp³-hybridized carbons (Fsp3) is 0. The van der Waals surface area contributed by atoms with Crippen molar-refractivity contribution in [2.24, 2.45) is 0 Å². The Kier molecular flexibility index (Phi) is 3.05. The van der Waals surface area contributed by atoms with Crippen molar-refractivity contribution in [3.05, 3.63) is 76.8 Å². The minimum Gasteiger partial charge on any atom is -0.407 e. The summed E-state index contributed by atoms with van der Waals surface area (Å²) in [6.07, 6.45) is 3.02. The van der Waals surface area contributed by atoms with Gasteiger partial charge in [-0.25, -0.2) is 9.36 Å². The molecule has 0 unspecified atom stereocenters. The predicted molar refractivity (Wildman–Crippen MR) is 76.6 cm³/mol. The number of benzene rings is 2. The van der Waals surface area contributed by atoms with Crippen LogP contribution in [-0.4, -0.2) is 10.5 Å². The maximum absolute atomic E-state index is 12.1. The summed E-state index contributed by atoms with van der Waals surface area (Å²) in [5.41, 5.74) is 1.76. The van der Waals surface area contributed by atoms with Crippen LogP contribution in [0.25, 0.3) is 17.2 Å². The zero-order valence-electron chi connectivity index (χ0n) is 10.5. The van der Waals surface area contributed by atoms with Crippen molar-refractivity contribution in [3.8, 4) is 0 Å². The molecule has 0 saturated carbocycles. The average molecular weight is 265 g/mol. The van der Waals surface area contributed by atoms with Crippen molar-refractivity contribution in [2.75, 3.05) is 0 Å².